The van der Waals surface area contributed by atoms with Crippen LogP contribution in [0.1, 0.15) is 33.6 Å². The third-order valence-electron chi connectivity index (χ3n) is 4.04. The maximum absolute atomic E-state index is 11.9. The fraction of sp³-hybridized carbons (Fsp3) is 1.00. The second-order valence-electron chi connectivity index (χ2n) is 6.65. The molecule has 0 atom stereocenters. The van der Waals surface area contributed by atoms with Crippen molar-refractivity contribution < 1.29 is 8.42 Å². The van der Waals surface area contributed by atoms with Crippen LogP contribution in [0.4, 0.5) is 0 Å². The Balaban J connectivity index is 1.78. The van der Waals surface area contributed by atoms with Crippen molar-refractivity contribution in [3.05, 3.63) is 0 Å². The minimum atomic E-state index is -2.99. The fourth-order valence-electron chi connectivity index (χ4n) is 2.42. The molecule has 17 heavy (non-hydrogen) atoms. The minimum Gasteiger partial charge on any atom is -0.323 e. The highest BCUT2D eigenvalue weighted by molar-refractivity contribution is 7.92. The summed E-state index contributed by atoms with van der Waals surface area (Å²) in [5, 5.41) is 0. The van der Waals surface area contributed by atoms with Crippen molar-refractivity contribution in [2.24, 2.45) is 11.7 Å². The summed E-state index contributed by atoms with van der Waals surface area (Å²) in [7, 11) is -2.99. The second-order valence-corrected chi connectivity index (χ2v) is 9.51. The van der Waals surface area contributed by atoms with Gasteiger partial charge < -0.3 is 5.73 Å². The fourth-order valence-corrected chi connectivity index (χ4v) is 3.53. The Hall–Kier alpha value is -0.130. The molecule has 0 bridgehead atoms. The SMILES string of the molecule is CC(C)(C)S(=O)(=O)CCN1CC(N)(C2CC2)C1. The molecule has 2 N–H and O–H groups in total. The van der Waals surface area contributed by atoms with Crippen molar-refractivity contribution in [2.75, 3.05) is 25.4 Å². The highest BCUT2D eigenvalue weighted by atomic mass is 32.2. The lowest BCUT2D eigenvalue weighted by molar-refractivity contribution is 0.0608. The maximum Gasteiger partial charge on any atom is 0.156 e. The van der Waals surface area contributed by atoms with E-state index in [4.69, 9.17) is 5.73 Å². The van der Waals surface area contributed by atoms with Gasteiger partial charge in [-0.1, -0.05) is 0 Å². The highest BCUT2D eigenvalue weighted by Crippen LogP contribution is 2.42. The Bertz CT molecular complexity index is 387. The van der Waals surface area contributed by atoms with Gasteiger partial charge in [0.25, 0.3) is 0 Å². The Kier molecular flexibility index (Phi) is 3.08. The van der Waals surface area contributed by atoms with Gasteiger partial charge in [0, 0.05) is 25.2 Å². The monoisotopic (exact) mass is 260 g/mol. The van der Waals surface area contributed by atoms with Crippen LogP contribution in [0.15, 0.2) is 0 Å². The number of hydrogen-bond acceptors (Lipinski definition) is 4. The molecule has 1 saturated carbocycles. The number of nitrogens with two attached hydrogens (primary N) is 1. The Labute approximate surface area is 104 Å². The quantitative estimate of drug-likeness (QED) is 0.805. The molecule has 2 fully saturated rings. The number of nitrogens with zero attached hydrogens (tertiary/aromatic N) is 1. The predicted molar refractivity (Wildman–Crippen MR) is 69.6 cm³/mol. The van der Waals surface area contributed by atoms with Crippen LogP contribution in [-0.2, 0) is 9.84 Å². The van der Waals surface area contributed by atoms with Crippen LogP contribution in [-0.4, -0.2) is 49.0 Å². The van der Waals surface area contributed by atoms with Gasteiger partial charge in [0.2, 0.25) is 0 Å². The summed E-state index contributed by atoms with van der Waals surface area (Å²) >= 11 is 0. The normalized spacial score (nSPS) is 25.6. The van der Waals surface area contributed by atoms with Gasteiger partial charge in [-0.15, -0.1) is 0 Å². The van der Waals surface area contributed by atoms with E-state index in [9.17, 15) is 8.42 Å². The first kappa shape index (κ1) is 13.3. The Morgan fingerprint density at radius 3 is 2.24 bits per heavy atom. The molecule has 1 heterocycles. The van der Waals surface area contributed by atoms with Gasteiger partial charge in [-0.3, -0.25) is 4.90 Å². The van der Waals surface area contributed by atoms with E-state index in [1.54, 1.807) is 20.8 Å². The van der Waals surface area contributed by atoms with Crippen molar-refractivity contribution in [1.29, 1.82) is 0 Å². The van der Waals surface area contributed by atoms with E-state index in [0.29, 0.717) is 12.5 Å². The summed E-state index contributed by atoms with van der Waals surface area (Å²) in [6.45, 7) is 7.65. The Morgan fingerprint density at radius 2 is 1.82 bits per heavy atom. The summed E-state index contributed by atoms with van der Waals surface area (Å²) in [5.41, 5.74) is 6.22. The summed E-state index contributed by atoms with van der Waals surface area (Å²) in [6.07, 6.45) is 2.51. The minimum absolute atomic E-state index is 0.00844. The lowest BCUT2D eigenvalue weighted by Gasteiger charge is -2.48. The average Bonchev–Trinajstić information content (AvgIpc) is 2.91. The molecule has 0 radical (unpaired) electrons. The van der Waals surface area contributed by atoms with E-state index >= 15 is 0 Å². The second kappa shape index (κ2) is 3.93. The molecule has 2 rings (SSSR count). The smallest absolute Gasteiger partial charge is 0.156 e. The van der Waals surface area contributed by atoms with Crippen LogP contribution in [0.2, 0.25) is 0 Å². The maximum atomic E-state index is 11.9. The van der Waals surface area contributed by atoms with E-state index in [1.165, 1.54) is 12.8 Å². The van der Waals surface area contributed by atoms with E-state index in [-0.39, 0.29) is 11.3 Å². The zero-order valence-corrected chi connectivity index (χ0v) is 11.9. The molecule has 2 aliphatic rings. The zero-order valence-electron chi connectivity index (χ0n) is 11.1. The standard InChI is InChI=1S/C12H24N2O2S/c1-11(2,3)17(15,16)7-6-14-8-12(13,9-14)10-4-5-10/h10H,4-9,13H2,1-3H3. The van der Waals surface area contributed by atoms with E-state index in [0.717, 1.165) is 13.1 Å². The first-order valence-corrected chi connectivity index (χ1v) is 8.03. The third-order valence-corrected chi connectivity index (χ3v) is 6.62. The van der Waals surface area contributed by atoms with Crippen LogP contribution in [0.3, 0.4) is 0 Å². The summed E-state index contributed by atoms with van der Waals surface area (Å²) in [5.74, 6) is 0.940. The lowest BCUT2D eigenvalue weighted by Crippen LogP contribution is -2.69. The first-order valence-electron chi connectivity index (χ1n) is 6.38. The lowest BCUT2D eigenvalue weighted by atomic mass is 9.86. The summed E-state index contributed by atoms with van der Waals surface area (Å²) in [6, 6.07) is 0. The summed E-state index contributed by atoms with van der Waals surface area (Å²) in [4.78, 5) is 2.17. The molecule has 5 heteroatoms. The number of sulfone groups is 1. The van der Waals surface area contributed by atoms with Crippen molar-refractivity contribution in [1.82, 2.24) is 4.90 Å². The Morgan fingerprint density at radius 1 is 1.29 bits per heavy atom. The molecule has 0 aromatic carbocycles. The third kappa shape index (κ3) is 2.66. The van der Waals surface area contributed by atoms with Gasteiger partial charge in [-0.2, -0.15) is 0 Å². The molecule has 1 aliphatic heterocycles. The number of likely N-dealkylation sites (tertiary alicyclic amines) is 1. The average molecular weight is 260 g/mol. The van der Waals surface area contributed by atoms with Gasteiger partial charge >= 0.3 is 0 Å². The van der Waals surface area contributed by atoms with Gasteiger partial charge in [0.15, 0.2) is 9.84 Å². The molecule has 1 aliphatic carbocycles. The van der Waals surface area contributed by atoms with E-state index in [1.807, 2.05) is 0 Å². The molecule has 100 valence electrons. The van der Waals surface area contributed by atoms with Gasteiger partial charge in [-0.25, -0.2) is 8.42 Å². The molecule has 0 aromatic heterocycles. The van der Waals surface area contributed by atoms with Crippen molar-refractivity contribution in [3.8, 4) is 0 Å². The van der Waals surface area contributed by atoms with Crippen molar-refractivity contribution in [2.45, 2.75) is 43.9 Å². The molecule has 4 nitrogen and oxygen atoms in total. The van der Waals surface area contributed by atoms with E-state index in [2.05, 4.69) is 4.90 Å². The molecule has 1 saturated heterocycles. The van der Waals surface area contributed by atoms with Crippen LogP contribution >= 0.6 is 0 Å². The molecule has 0 spiro atoms. The molecule has 0 unspecified atom stereocenters. The molecular formula is C12H24N2O2S. The summed E-state index contributed by atoms with van der Waals surface area (Å²) < 4.78 is 23.2. The first-order chi connectivity index (χ1) is 7.64. The number of hydrogen-bond donors (Lipinski definition) is 1. The molecule has 0 amide bonds. The highest BCUT2D eigenvalue weighted by Gasteiger charge is 2.50. The molecular weight excluding hydrogens is 236 g/mol. The van der Waals surface area contributed by atoms with Crippen LogP contribution in [0, 0.1) is 5.92 Å². The van der Waals surface area contributed by atoms with Gasteiger partial charge in [-0.05, 0) is 39.5 Å². The van der Waals surface area contributed by atoms with Gasteiger partial charge in [0.05, 0.1) is 10.5 Å². The van der Waals surface area contributed by atoms with Crippen LogP contribution in [0.25, 0.3) is 0 Å². The van der Waals surface area contributed by atoms with Crippen LogP contribution in [0.5, 0.6) is 0 Å². The largest absolute Gasteiger partial charge is 0.323 e. The van der Waals surface area contributed by atoms with E-state index < -0.39 is 14.6 Å². The van der Waals surface area contributed by atoms with Gasteiger partial charge in [0.1, 0.15) is 0 Å². The topological polar surface area (TPSA) is 63.4 Å². The predicted octanol–water partition coefficient (Wildman–Crippen LogP) is 0.623. The van der Waals surface area contributed by atoms with Crippen molar-refractivity contribution in [3.63, 3.8) is 0 Å². The zero-order chi connectivity index (χ0) is 12.9. The van der Waals surface area contributed by atoms with Crippen molar-refractivity contribution >= 4 is 9.84 Å². The molecule has 0 aromatic rings. The number of rotatable bonds is 4. The van der Waals surface area contributed by atoms with Crippen LogP contribution < -0.4 is 5.73 Å².